The minimum Gasteiger partial charge on any atom is -0.481 e. The maximum atomic E-state index is 13.0. The lowest BCUT2D eigenvalue weighted by atomic mass is 9.91. The zero-order chi connectivity index (χ0) is 19.3. The highest BCUT2D eigenvalue weighted by Gasteiger charge is 2.44. The number of aromatic nitrogens is 2. The van der Waals surface area contributed by atoms with Crippen LogP contribution in [0, 0.1) is 11.8 Å². The maximum absolute atomic E-state index is 13.0. The molecule has 2 aromatic rings. The highest BCUT2D eigenvalue weighted by molar-refractivity contribution is 5.83. The predicted octanol–water partition coefficient (Wildman–Crippen LogP) is 3.49. The van der Waals surface area contributed by atoms with E-state index in [1.807, 2.05) is 0 Å². The summed E-state index contributed by atoms with van der Waals surface area (Å²) >= 11 is 0. The first-order valence-electron chi connectivity index (χ1n) is 9.23. The van der Waals surface area contributed by atoms with Crippen molar-refractivity contribution in [3.63, 3.8) is 0 Å². The summed E-state index contributed by atoms with van der Waals surface area (Å²) in [5, 5.41) is 14.3. The molecular formula is C19H22F3N3O2. The van der Waals surface area contributed by atoms with E-state index in [1.165, 1.54) is 16.8 Å². The number of likely N-dealkylation sites (tertiary alicyclic amines) is 1. The predicted molar refractivity (Wildman–Crippen MR) is 93.4 cm³/mol. The van der Waals surface area contributed by atoms with E-state index >= 15 is 0 Å². The van der Waals surface area contributed by atoms with Crippen LogP contribution in [0.3, 0.4) is 0 Å². The quantitative estimate of drug-likeness (QED) is 0.881. The lowest BCUT2D eigenvalue weighted by molar-refractivity contribution is -0.139. The molecule has 2 aliphatic rings. The van der Waals surface area contributed by atoms with E-state index in [1.54, 1.807) is 7.05 Å². The summed E-state index contributed by atoms with van der Waals surface area (Å²) in [4.78, 5) is 13.3. The third-order valence-corrected chi connectivity index (χ3v) is 5.91. The molecule has 1 aliphatic heterocycles. The van der Waals surface area contributed by atoms with Crippen LogP contribution < -0.4 is 0 Å². The van der Waals surface area contributed by atoms with Gasteiger partial charge in [0.05, 0.1) is 22.7 Å². The Bertz CT molecular complexity index is 869. The number of rotatable bonds is 4. The number of alkyl halides is 3. The fourth-order valence-electron chi connectivity index (χ4n) is 4.24. The Morgan fingerprint density at radius 3 is 2.59 bits per heavy atom. The van der Waals surface area contributed by atoms with Crippen LogP contribution in [0.2, 0.25) is 0 Å². The van der Waals surface area contributed by atoms with Crippen molar-refractivity contribution in [1.82, 2.24) is 14.7 Å². The molecule has 1 aliphatic carbocycles. The first kappa shape index (κ1) is 18.3. The summed E-state index contributed by atoms with van der Waals surface area (Å²) in [7, 11) is 1.68. The van der Waals surface area contributed by atoms with Crippen molar-refractivity contribution < 1.29 is 23.1 Å². The molecule has 1 N–H and O–H groups in total. The Labute approximate surface area is 154 Å². The minimum absolute atomic E-state index is 0.190. The molecule has 0 amide bonds. The Morgan fingerprint density at radius 2 is 2.00 bits per heavy atom. The van der Waals surface area contributed by atoms with Crippen LogP contribution in [0.4, 0.5) is 13.2 Å². The van der Waals surface area contributed by atoms with E-state index in [9.17, 15) is 18.0 Å². The Kier molecular flexibility index (Phi) is 4.41. The molecule has 2 unspecified atom stereocenters. The fraction of sp³-hybridized carbons (Fsp3) is 0.579. The molecule has 0 radical (unpaired) electrons. The van der Waals surface area contributed by atoms with Gasteiger partial charge in [-0.05, 0) is 50.4 Å². The number of aliphatic carboxylic acids is 1. The average Bonchev–Trinajstić information content (AvgIpc) is 3.31. The molecule has 1 saturated carbocycles. The molecule has 1 aromatic carbocycles. The lowest BCUT2D eigenvalue weighted by Gasteiger charge is -2.31. The van der Waals surface area contributed by atoms with Gasteiger partial charge in [-0.1, -0.05) is 6.07 Å². The van der Waals surface area contributed by atoms with Crippen LogP contribution in [-0.4, -0.2) is 45.4 Å². The normalized spacial score (nSPS) is 24.4. The van der Waals surface area contributed by atoms with Gasteiger partial charge in [0.2, 0.25) is 0 Å². The topological polar surface area (TPSA) is 58.4 Å². The highest BCUT2D eigenvalue weighted by atomic mass is 19.4. The van der Waals surface area contributed by atoms with Gasteiger partial charge in [-0.2, -0.15) is 18.3 Å². The number of hydrogen-bond donors (Lipinski definition) is 1. The molecular weight excluding hydrogens is 359 g/mol. The molecule has 2 fully saturated rings. The van der Waals surface area contributed by atoms with E-state index in [2.05, 4.69) is 10.00 Å². The number of nitrogens with zero attached hydrogens (tertiary/aromatic N) is 3. The molecule has 1 aromatic heterocycles. The third kappa shape index (κ3) is 3.54. The van der Waals surface area contributed by atoms with Gasteiger partial charge >= 0.3 is 12.1 Å². The number of hydrogen-bond acceptors (Lipinski definition) is 3. The number of benzene rings is 1. The molecule has 2 atom stereocenters. The van der Waals surface area contributed by atoms with Crippen LogP contribution in [0.5, 0.6) is 0 Å². The van der Waals surface area contributed by atoms with E-state index in [0.717, 1.165) is 56.0 Å². The van der Waals surface area contributed by atoms with Crippen molar-refractivity contribution in [2.45, 2.75) is 31.4 Å². The molecule has 8 heteroatoms. The number of carboxylic acid groups (broad SMARTS) is 1. The molecule has 146 valence electrons. The third-order valence-electron chi connectivity index (χ3n) is 5.91. The first-order valence-corrected chi connectivity index (χ1v) is 9.23. The number of fused-ring (bicyclic) bond motifs is 1. The van der Waals surface area contributed by atoms with Gasteiger partial charge in [-0.3, -0.25) is 9.48 Å². The molecule has 2 heterocycles. The molecule has 1 saturated heterocycles. The van der Waals surface area contributed by atoms with Gasteiger partial charge in [0.1, 0.15) is 0 Å². The van der Waals surface area contributed by atoms with Crippen molar-refractivity contribution in [1.29, 1.82) is 0 Å². The van der Waals surface area contributed by atoms with Crippen molar-refractivity contribution in [2.24, 2.45) is 18.9 Å². The van der Waals surface area contributed by atoms with E-state index in [0.29, 0.717) is 5.52 Å². The van der Waals surface area contributed by atoms with E-state index < -0.39 is 17.7 Å². The Balaban J connectivity index is 1.45. The second-order valence-electron chi connectivity index (χ2n) is 7.75. The monoisotopic (exact) mass is 381 g/mol. The van der Waals surface area contributed by atoms with Crippen LogP contribution in [0.1, 0.15) is 36.4 Å². The van der Waals surface area contributed by atoms with Crippen LogP contribution in [-0.2, 0) is 18.0 Å². The second-order valence-corrected chi connectivity index (χ2v) is 7.75. The zero-order valence-corrected chi connectivity index (χ0v) is 15.0. The largest absolute Gasteiger partial charge is 0.481 e. The van der Waals surface area contributed by atoms with Crippen molar-refractivity contribution >= 4 is 16.9 Å². The van der Waals surface area contributed by atoms with Gasteiger partial charge in [0, 0.05) is 24.9 Å². The number of carbonyl (C=O) groups is 1. The summed E-state index contributed by atoms with van der Waals surface area (Å²) < 4.78 is 40.4. The molecule has 4 rings (SSSR count). The number of aryl methyl sites for hydroxylation is 1. The van der Waals surface area contributed by atoms with Crippen LogP contribution in [0.15, 0.2) is 18.2 Å². The summed E-state index contributed by atoms with van der Waals surface area (Å²) in [5.74, 6) is -0.412. The Hall–Kier alpha value is -2.09. The SMILES string of the molecule is Cn1nc(C2CCN(CC3CC3C(=O)O)CC2)c2ccc(C(F)(F)F)cc21. The lowest BCUT2D eigenvalue weighted by Crippen LogP contribution is -2.35. The van der Waals surface area contributed by atoms with E-state index in [4.69, 9.17) is 5.11 Å². The summed E-state index contributed by atoms with van der Waals surface area (Å²) in [6.07, 6.45) is -1.82. The van der Waals surface area contributed by atoms with Gasteiger partial charge in [0.25, 0.3) is 0 Å². The number of halogens is 3. The minimum atomic E-state index is -4.36. The summed E-state index contributed by atoms with van der Waals surface area (Å²) in [6.45, 7) is 2.56. The van der Waals surface area contributed by atoms with Crippen LogP contribution in [0.25, 0.3) is 10.9 Å². The van der Waals surface area contributed by atoms with Crippen LogP contribution >= 0.6 is 0 Å². The summed E-state index contributed by atoms with van der Waals surface area (Å²) in [6, 6.07) is 3.83. The van der Waals surface area contributed by atoms with E-state index in [-0.39, 0.29) is 17.8 Å². The first-order chi connectivity index (χ1) is 12.7. The van der Waals surface area contributed by atoms with Crippen molar-refractivity contribution in [2.75, 3.05) is 19.6 Å². The zero-order valence-electron chi connectivity index (χ0n) is 15.0. The van der Waals surface area contributed by atoms with Gasteiger partial charge < -0.3 is 10.0 Å². The Morgan fingerprint density at radius 1 is 1.30 bits per heavy atom. The molecule has 27 heavy (non-hydrogen) atoms. The summed E-state index contributed by atoms with van der Waals surface area (Å²) in [5.41, 5.74) is 0.719. The number of piperidine rings is 1. The smallest absolute Gasteiger partial charge is 0.416 e. The average molecular weight is 381 g/mol. The standard InChI is InChI=1S/C19H22F3N3O2/c1-24-16-9-13(19(20,21)22)2-3-14(16)17(23-24)11-4-6-25(7-5-11)10-12-8-15(12)18(26)27/h2-3,9,11-12,15H,4-8,10H2,1H3,(H,26,27). The van der Waals surface area contributed by atoms with Gasteiger partial charge in [-0.25, -0.2) is 0 Å². The molecule has 0 spiro atoms. The van der Waals surface area contributed by atoms with Crippen molar-refractivity contribution in [3.05, 3.63) is 29.5 Å². The molecule has 0 bridgehead atoms. The highest BCUT2D eigenvalue weighted by Crippen LogP contribution is 2.41. The van der Waals surface area contributed by atoms with Gasteiger partial charge in [0.15, 0.2) is 0 Å². The number of carboxylic acids is 1. The fourth-order valence-corrected chi connectivity index (χ4v) is 4.24. The molecule has 5 nitrogen and oxygen atoms in total. The van der Waals surface area contributed by atoms with Crippen molar-refractivity contribution in [3.8, 4) is 0 Å². The second kappa shape index (κ2) is 6.51. The maximum Gasteiger partial charge on any atom is 0.416 e. The van der Waals surface area contributed by atoms with Gasteiger partial charge in [-0.15, -0.1) is 0 Å².